The summed E-state index contributed by atoms with van der Waals surface area (Å²) in [7, 11) is 0. The highest BCUT2D eigenvalue weighted by Crippen LogP contribution is 2.27. The summed E-state index contributed by atoms with van der Waals surface area (Å²) in [5.41, 5.74) is 0. The molecule has 0 aromatic heterocycles. The van der Waals surface area contributed by atoms with Crippen molar-refractivity contribution in [2.24, 2.45) is 11.8 Å². The number of fused-ring (bicyclic) bond motifs is 1. The molecule has 3 atom stereocenters. The van der Waals surface area contributed by atoms with Crippen LogP contribution in [-0.2, 0) is 4.79 Å². The van der Waals surface area contributed by atoms with Gasteiger partial charge < -0.3 is 10.6 Å². The molecule has 0 radical (unpaired) electrons. The molecule has 18 heavy (non-hydrogen) atoms. The van der Waals surface area contributed by atoms with Crippen LogP contribution in [0.1, 0.15) is 33.6 Å². The molecule has 1 amide bonds. The predicted molar refractivity (Wildman–Crippen MR) is 73.4 cm³/mol. The largest absolute Gasteiger partial charge is 0.352 e. The molecular formula is C14H27N3O. The summed E-state index contributed by atoms with van der Waals surface area (Å²) in [6, 6.07) is 0.361. The highest BCUT2D eigenvalue weighted by Gasteiger charge is 2.39. The minimum Gasteiger partial charge on any atom is -0.352 e. The first-order valence-corrected chi connectivity index (χ1v) is 7.40. The fraction of sp³-hybridized carbons (Fsp3) is 0.929. The normalized spacial score (nSPS) is 29.6. The van der Waals surface area contributed by atoms with Crippen molar-refractivity contribution in [3.05, 3.63) is 0 Å². The fourth-order valence-corrected chi connectivity index (χ4v) is 3.19. The van der Waals surface area contributed by atoms with Gasteiger partial charge in [0.1, 0.15) is 0 Å². The van der Waals surface area contributed by atoms with Crippen molar-refractivity contribution >= 4 is 5.91 Å². The Kier molecular flexibility index (Phi) is 4.62. The summed E-state index contributed by atoms with van der Waals surface area (Å²) < 4.78 is 0. The second kappa shape index (κ2) is 6.02. The molecule has 2 rings (SSSR count). The molecule has 104 valence electrons. The maximum absolute atomic E-state index is 12.2. The van der Waals surface area contributed by atoms with E-state index in [1.807, 2.05) is 6.92 Å². The quantitative estimate of drug-likeness (QED) is 0.763. The Hall–Kier alpha value is -0.610. The summed E-state index contributed by atoms with van der Waals surface area (Å²) in [6.45, 7) is 10.7. The van der Waals surface area contributed by atoms with Crippen LogP contribution in [0.3, 0.4) is 0 Å². The fourth-order valence-electron chi connectivity index (χ4n) is 3.19. The smallest absolute Gasteiger partial charge is 0.237 e. The Morgan fingerprint density at radius 1 is 1.28 bits per heavy atom. The summed E-state index contributed by atoms with van der Waals surface area (Å²) in [4.78, 5) is 14.6. The van der Waals surface area contributed by atoms with Crippen LogP contribution in [-0.4, -0.2) is 49.1 Å². The number of nitrogens with one attached hydrogen (secondary N) is 2. The molecule has 0 bridgehead atoms. The Labute approximate surface area is 110 Å². The molecular weight excluding hydrogens is 226 g/mol. The maximum Gasteiger partial charge on any atom is 0.237 e. The molecule has 4 heteroatoms. The zero-order chi connectivity index (χ0) is 13.1. The van der Waals surface area contributed by atoms with Crippen LogP contribution in [0.5, 0.6) is 0 Å². The summed E-state index contributed by atoms with van der Waals surface area (Å²) in [5, 5.41) is 6.60. The third kappa shape index (κ3) is 2.86. The Morgan fingerprint density at radius 2 is 1.83 bits per heavy atom. The molecule has 2 heterocycles. The van der Waals surface area contributed by atoms with Crippen LogP contribution < -0.4 is 10.6 Å². The Balaban J connectivity index is 1.84. The first-order chi connectivity index (χ1) is 8.65. The van der Waals surface area contributed by atoms with Crippen molar-refractivity contribution in [2.75, 3.05) is 26.2 Å². The van der Waals surface area contributed by atoms with Gasteiger partial charge in [-0.25, -0.2) is 0 Å². The SMILES string of the molecule is CCC(CC)NC(=O)C(C)N1CC2CNCC2C1. The Morgan fingerprint density at radius 3 is 2.33 bits per heavy atom. The molecule has 4 nitrogen and oxygen atoms in total. The molecule has 0 spiro atoms. The van der Waals surface area contributed by atoms with Crippen LogP contribution >= 0.6 is 0 Å². The van der Waals surface area contributed by atoms with Gasteiger partial charge in [-0.1, -0.05) is 13.8 Å². The van der Waals surface area contributed by atoms with Crippen molar-refractivity contribution in [3.63, 3.8) is 0 Å². The van der Waals surface area contributed by atoms with E-state index in [-0.39, 0.29) is 11.9 Å². The van der Waals surface area contributed by atoms with E-state index in [0.717, 1.165) is 50.9 Å². The van der Waals surface area contributed by atoms with Gasteiger partial charge in [0.2, 0.25) is 5.91 Å². The van der Waals surface area contributed by atoms with Gasteiger partial charge >= 0.3 is 0 Å². The van der Waals surface area contributed by atoms with Crippen molar-refractivity contribution in [1.29, 1.82) is 0 Å². The molecule has 2 aliphatic rings. The number of nitrogens with zero attached hydrogens (tertiary/aromatic N) is 1. The maximum atomic E-state index is 12.2. The molecule has 0 aromatic rings. The van der Waals surface area contributed by atoms with Crippen LogP contribution in [0.2, 0.25) is 0 Å². The lowest BCUT2D eigenvalue weighted by molar-refractivity contribution is -0.126. The molecule has 2 fully saturated rings. The second-order valence-electron chi connectivity index (χ2n) is 5.83. The topological polar surface area (TPSA) is 44.4 Å². The summed E-state index contributed by atoms with van der Waals surface area (Å²) in [5.74, 6) is 1.72. The monoisotopic (exact) mass is 253 g/mol. The lowest BCUT2D eigenvalue weighted by atomic mass is 10.0. The lowest BCUT2D eigenvalue weighted by Crippen LogP contribution is -2.47. The number of carbonyl (C=O) groups is 1. The third-order valence-electron chi connectivity index (χ3n) is 4.68. The number of hydrogen-bond acceptors (Lipinski definition) is 3. The van der Waals surface area contributed by atoms with Crippen molar-refractivity contribution < 1.29 is 4.79 Å². The standard InChI is InChI=1S/C14H27N3O/c1-4-13(5-2)16-14(18)10(3)17-8-11-6-15-7-12(11)9-17/h10-13,15H,4-9H2,1-3H3,(H,16,18). The van der Waals surface area contributed by atoms with E-state index < -0.39 is 0 Å². The van der Waals surface area contributed by atoms with Gasteiger partial charge in [-0.15, -0.1) is 0 Å². The van der Waals surface area contributed by atoms with Crippen molar-refractivity contribution in [2.45, 2.75) is 45.7 Å². The first-order valence-electron chi connectivity index (χ1n) is 7.40. The van der Waals surface area contributed by atoms with E-state index in [4.69, 9.17) is 0 Å². The average Bonchev–Trinajstić information content (AvgIpc) is 2.95. The highest BCUT2D eigenvalue weighted by atomic mass is 16.2. The van der Waals surface area contributed by atoms with Gasteiger partial charge in [-0.2, -0.15) is 0 Å². The molecule has 0 aliphatic carbocycles. The van der Waals surface area contributed by atoms with Crippen LogP contribution in [0.4, 0.5) is 0 Å². The molecule has 2 saturated heterocycles. The van der Waals surface area contributed by atoms with Crippen molar-refractivity contribution in [3.8, 4) is 0 Å². The minimum absolute atomic E-state index is 0.0243. The number of hydrogen-bond donors (Lipinski definition) is 2. The minimum atomic E-state index is 0.0243. The molecule has 0 aromatic carbocycles. The van der Waals surface area contributed by atoms with E-state index in [0.29, 0.717) is 6.04 Å². The number of amides is 1. The molecule has 0 saturated carbocycles. The van der Waals surface area contributed by atoms with Gasteiger partial charge in [0.15, 0.2) is 0 Å². The van der Waals surface area contributed by atoms with E-state index in [2.05, 4.69) is 29.4 Å². The van der Waals surface area contributed by atoms with Gasteiger partial charge in [-0.05, 0) is 44.7 Å². The molecule has 3 unspecified atom stereocenters. The van der Waals surface area contributed by atoms with E-state index in [1.54, 1.807) is 0 Å². The predicted octanol–water partition coefficient (Wildman–Crippen LogP) is 0.831. The average molecular weight is 253 g/mol. The number of likely N-dealkylation sites (tertiary alicyclic amines) is 1. The second-order valence-corrected chi connectivity index (χ2v) is 5.83. The number of carbonyl (C=O) groups excluding carboxylic acids is 1. The van der Waals surface area contributed by atoms with E-state index in [1.165, 1.54) is 0 Å². The zero-order valence-corrected chi connectivity index (χ0v) is 11.9. The van der Waals surface area contributed by atoms with Crippen LogP contribution in [0, 0.1) is 11.8 Å². The van der Waals surface area contributed by atoms with Gasteiger partial charge in [0.25, 0.3) is 0 Å². The first kappa shape index (κ1) is 13.8. The van der Waals surface area contributed by atoms with E-state index in [9.17, 15) is 4.79 Å². The van der Waals surface area contributed by atoms with E-state index >= 15 is 0 Å². The summed E-state index contributed by atoms with van der Waals surface area (Å²) >= 11 is 0. The third-order valence-corrected chi connectivity index (χ3v) is 4.68. The zero-order valence-electron chi connectivity index (χ0n) is 11.9. The van der Waals surface area contributed by atoms with Crippen molar-refractivity contribution in [1.82, 2.24) is 15.5 Å². The highest BCUT2D eigenvalue weighted by molar-refractivity contribution is 5.81. The van der Waals surface area contributed by atoms with Gasteiger partial charge in [-0.3, -0.25) is 9.69 Å². The summed E-state index contributed by atoms with van der Waals surface area (Å²) in [6.07, 6.45) is 2.04. The molecule has 2 N–H and O–H groups in total. The Bertz CT molecular complexity index is 279. The molecule has 2 aliphatic heterocycles. The van der Waals surface area contributed by atoms with Gasteiger partial charge in [0.05, 0.1) is 6.04 Å². The lowest BCUT2D eigenvalue weighted by Gasteiger charge is -2.26. The number of rotatable bonds is 5. The van der Waals surface area contributed by atoms with Gasteiger partial charge in [0, 0.05) is 19.1 Å². The van der Waals surface area contributed by atoms with Crippen LogP contribution in [0.25, 0.3) is 0 Å². The van der Waals surface area contributed by atoms with Crippen LogP contribution in [0.15, 0.2) is 0 Å².